The minimum atomic E-state index is 0.205. The molecule has 1 aromatic rings. The Morgan fingerprint density at radius 1 is 1.47 bits per heavy atom. The summed E-state index contributed by atoms with van der Waals surface area (Å²) in [6.45, 7) is 4.62. The van der Waals surface area contributed by atoms with Gasteiger partial charge in [-0.3, -0.25) is 0 Å². The van der Waals surface area contributed by atoms with E-state index in [-0.39, 0.29) is 6.04 Å². The van der Waals surface area contributed by atoms with Crippen LogP contribution in [0.25, 0.3) is 0 Å². The van der Waals surface area contributed by atoms with Gasteiger partial charge in [0, 0.05) is 24.6 Å². The summed E-state index contributed by atoms with van der Waals surface area (Å²) in [4.78, 5) is 8.89. The molecule has 0 saturated heterocycles. The molecule has 1 aliphatic carbocycles. The zero-order chi connectivity index (χ0) is 12.4. The monoisotopic (exact) mass is 255 g/mol. The number of nitrogens with one attached hydrogen (secondary N) is 1. The van der Waals surface area contributed by atoms with Crippen molar-refractivity contribution in [1.82, 2.24) is 9.97 Å². The molecule has 4 nitrogen and oxygen atoms in total. The van der Waals surface area contributed by atoms with Crippen molar-refractivity contribution in [3.05, 3.63) is 16.5 Å². The Labute approximate surface area is 107 Å². The van der Waals surface area contributed by atoms with Crippen molar-refractivity contribution in [2.45, 2.75) is 38.6 Å². The summed E-state index contributed by atoms with van der Waals surface area (Å²) in [6, 6.07) is 0.205. The second-order valence-corrected chi connectivity index (χ2v) is 4.98. The van der Waals surface area contributed by atoms with Gasteiger partial charge in [-0.25, -0.2) is 9.97 Å². The van der Waals surface area contributed by atoms with Gasteiger partial charge in [0.05, 0.1) is 6.61 Å². The molecule has 0 bridgehead atoms. The lowest BCUT2D eigenvalue weighted by Gasteiger charge is -2.16. The molecule has 0 aromatic carbocycles. The van der Waals surface area contributed by atoms with Crippen molar-refractivity contribution in [3.8, 4) is 0 Å². The van der Waals surface area contributed by atoms with Crippen LogP contribution in [0, 0.1) is 6.92 Å². The molecule has 0 spiro atoms. The van der Waals surface area contributed by atoms with E-state index in [4.69, 9.17) is 16.3 Å². The highest BCUT2D eigenvalue weighted by Crippen LogP contribution is 2.39. The average Bonchev–Trinajstić information content (AvgIpc) is 3.08. The number of halogens is 1. The maximum atomic E-state index is 6.13. The maximum absolute atomic E-state index is 6.13. The Morgan fingerprint density at radius 3 is 2.76 bits per heavy atom. The third kappa shape index (κ3) is 3.07. The fourth-order valence-corrected chi connectivity index (χ4v) is 1.87. The van der Waals surface area contributed by atoms with Crippen LogP contribution in [0.3, 0.4) is 0 Å². The molecule has 1 N–H and O–H groups in total. The molecule has 2 rings (SSSR count). The highest BCUT2D eigenvalue weighted by molar-refractivity contribution is 6.30. The third-order valence-electron chi connectivity index (χ3n) is 2.85. The molecule has 1 aromatic heterocycles. The van der Waals surface area contributed by atoms with Crippen LogP contribution in [0.2, 0.25) is 5.15 Å². The Bertz CT molecular complexity index is 407. The lowest BCUT2D eigenvalue weighted by molar-refractivity contribution is 0.190. The summed E-state index contributed by atoms with van der Waals surface area (Å²) < 4.78 is 5.10. The van der Waals surface area contributed by atoms with Crippen molar-refractivity contribution in [2.24, 2.45) is 0 Å². The highest BCUT2D eigenvalue weighted by atomic mass is 35.5. The maximum Gasteiger partial charge on any atom is 0.137 e. The number of methoxy groups -OCH3 is 1. The van der Waals surface area contributed by atoms with Crippen molar-refractivity contribution in [1.29, 1.82) is 0 Å². The predicted octanol–water partition coefficient (Wildman–Crippen LogP) is 2.76. The van der Waals surface area contributed by atoms with Gasteiger partial charge in [0.25, 0.3) is 0 Å². The van der Waals surface area contributed by atoms with Crippen LogP contribution in [-0.2, 0) is 4.74 Å². The summed E-state index contributed by atoms with van der Waals surface area (Å²) >= 11 is 6.13. The van der Waals surface area contributed by atoms with Crippen molar-refractivity contribution >= 4 is 17.4 Å². The van der Waals surface area contributed by atoms with E-state index in [0.29, 0.717) is 17.7 Å². The summed E-state index contributed by atoms with van der Waals surface area (Å²) in [5, 5.41) is 3.86. The number of aromatic nitrogens is 2. The number of rotatable bonds is 5. The standard InChI is InChI=1S/C12H18ClN3O/c1-7(6-17-3)14-11-8(2)10(13)15-12(16-11)9-4-5-9/h7,9H,4-6H2,1-3H3,(H,14,15,16). The number of nitrogens with zero attached hydrogens (tertiary/aromatic N) is 2. The van der Waals surface area contributed by atoms with Gasteiger partial charge in [-0.15, -0.1) is 0 Å². The summed E-state index contributed by atoms with van der Waals surface area (Å²) in [6.07, 6.45) is 2.35. The van der Waals surface area contributed by atoms with E-state index in [1.54, 1.807) is 7.11 Å². The van der Waals surface area contributed by atoms with Crippen molar-refractivity contribution < 1.29 is 4.74 Å². The van der Waals surface area contributed by atoms with Crippen LogP contribution in [0.5, 0.6) is 0 Å². The van der Waals surface area contributed by atoms with Gasteiger partial charge < -0.3 is 10.1 Å². The lowest BCUT2D eigenvalue weighted by Crippen LogP contribution is -2.22. The number of hydrogen-bond donors (Lipinski definition) is 1. The molecular formula is C12H18ClN3O. The first-order valence-corrected chi connectivity index (χ1v) is 6.29. The van der Waals surface area contributed by atoms with Gasteiger partial charge in [-0.2, -0.15) is 0 Å². The minimum Gasteiger partial charge on any atom is -0.383 e. The molecule has 0 radical (unpaired) electrons. The first kappa shape index (κ1) is 12.6. The lowest BCUT2D eigenvalue weighted by atomic mass is 10.3. The fraction of sp³-hybridized carbons (Fsp3) is 0.667. The van der Waals surface area contributed by atoms with Gasteiger partial charge in [0.15, 0.2) is 0 Å². The topological polar surface area (TPSA) is 47.0 Å². The van der Waals surface area contributed by atoms with E-state index in [0.717, 1.165) is 17.2 Å². The summed E-state index contributed by atoms with van der Waals surface area (Å²) in [7, 11) is 1.69. The fourth-order valence-electron chi connectivity index (χ4n) is 1.70. The molecule has 5 heteroatoms. The predicted molar refractivity (Wildman–Crippen MR) is 68.7 cm³/mol. The smallest absolute Gasteiger partial charge is 0.137 e. The summed E-state index contributed by atoms with van der Waals surface area (Å²) in [5.74, 6) is 2.20. The normalized spacial score (nSPS) is 16.9. The highest BCUT2D eigenvalue weighted by Gasteiger charge is 2.28. The van der Waals surface area contributed by atoms with E-state index in [9.17, 15) is 0 Å². The molecule has 1 heterocycles. The Hall–Kier alpha value is -0.870. The third-order valence-corrected chi connectivity index (χ3v) is 3.21. The van der Waals surface area contributed by atoms with Crippen LogP contribution in [0.1, 0.15) is 37.1 Å². The Kier molecular flexibility index (Phi) is 3.84. The van der Waals surface area contributed by atoms with Gasteiger partial charge in [0.1, 0.15) is 16.8 Å². The van der Waals surface area contributed by atoms with E-state index >= 15 is 0 Å². The molecule has 1 atom stereocenters. The van der Waals surface area contributed by atoms with Crippen LogP contribution >= 0.6 is 11.6 Å². The average molecular weight is 256 g/mol. The molecule has 1 saturated carbocycles. The SMILES string of the molecule is COCC(C)Nc1nc(C2CC2)nc(Cl)c1C. The van der Waals surface area contributed by atoms with Gasteiger partial charge in [-0.1, -0.05) is 11.6 Å². The quantitative estimate of drug-likeness (QED) is 0.822. The van der Waals surface area contributed by atoms with E-state index in [1.807, 2.05) is 6.92 Å². The molecule has 17 heavy (non-hydrogen) atoms. The molecule has 1 aliphatic rings. The van der Waals surface area contributed by atoms with Crippen molar-refractivity contribution in [3.63, 3.8) is 0 Å². The van der Waals surface area contributed by atoms with Gasteiger partial charge >= 0.3 is 0 Å². The van der Waals surface area contributed by atoms with Crippen LogP contribution in [0.15, 0.2) is 0 Å². The molecule has 0 aliphatic heterocycles. The van der Waals surface area contributed by atoms with E-state index in [2.05, 4.69) is 22.2 Å². The van der Waals surface area contributed by atoms with Gasteiger partial charge in [0.2, 0.25) is 0 Å². The first-order chi connectivity index (χ1) is 8.11. The molecule has 0 amide bonds. The minimum absolute atomic E-state index is 0.205. The van der Waals surface area contributed by atoms with Crippen LogP contribution in [-0.4, -0.2) is 29.7 Å². The second-order valence-electron chi connectivity index (χ2n) is 4.62. The molecule has 1 unspecified atom stereocenters. The molecule has 94 valence electrons. The van der Waals surface area contributed by atoms with Crippen LogP contribution in [0.4, 0.5) is 5.82 Å². The second kappa shape index (κ2) is 5.19. The van der Waals surface area contributed by atoms with Crippen LogP contribution < -0.4 is 5.32 Å². The molecular weight excluding hydrogens is 238 g/mol. The zero-order valence-corrected chi connectivity index (χ0v) is 11.2. The van der Waals surface area contributed by atoms with E-state index < -0.39 is 0 Å². The zero-order valence-electron chi connectivity index (χ0n) is 10.5. The number of hydrogen-bond acceptors (Lipinski definition) is 4. The number of anilines is 1. The largest absolute Gasteiger partial charge is 0.383 e. The Morgan fingerprint density at radius 2 is 2.18 bits per heavy atom. The molecule has 1 fully saturated rings. The van der Waals surface area contributed by atoms with Crippen molar-refractivity contribution in [2.75, 3.05) is 19.0 Å². The first-order valence-electron chi connectivity index (χ1n) is 5.91. The van der Waals surface area contributed by atoms with E-state index in [1.165, 1.54) is 12.8 Å². The van der Waals surface area contributed by atoms with Gasteiger partial charge in [-0.05, 0) is 26.7 Å². The Balaban J connectivity index is 2.19. The summed E-state index contributed by atoms with van der Waals surface area (Å²) in [5.41, 5.74) is 0.902. The number of ether oxygens (including phenoxy) is 1.